The molecular formula is C17H35N3O. The maximum Gasteiger partial charge on any atom is 0.237 e. The first-order valence-electron chi connectivity index (χ1n) is 8.74. The van der Waals surface area contributed by atoms with Crippen LogP contribution in [0.4, 0.5) is 0 Å². The van der Waals surface area contributed by atoms with Crippen molar-refractivity contribution in [2.75, 3.05) is 19.6 Å². The number of hydrogen-bond donors (Lipinski definition) is 2. The Hall–Kier alpha value is -0.610. The van der Waals surface area contributed by atoms with Crippen LogP contribution in [0.5, 0.6) is 0 Å². The number of nitrogens with one attached hydrogen (secondary N) is 1. The molecule has 1 aliphatic rings. The predicted octanol–water partition coefficient (Wildman–Crippen LogP) is 2.38. The first-order chi connectivity index (χ1) is 10.0. The SMILES string of the molecule is CCN(C(C)C(=O)NCCC(C)C)C1CCCCC1CN. The Balaban J connectivity index is 2.58. The van der Waals surface area contributed by atoms with Crippen molar-refractivity contribution in [3.05, 3.63) is 0 Å². The van der Waals surface area contributed by atoms with E-state index in [0.29, 0.717) is 17.9 Å². The lowest BCUT2D eigenvalue weighted by atomic mass is 9.83. The van der Waals surface area contributed by atoms with Crippen molar-refractivity contribution in [2.45, 2.75) is 71.9 Å². The molecule has 1 rings (SSSR count). The van der Waals surface area contributed by atoms with Crippen LogP contribution in [0.2, 0.25) is 0 Å². The molecule has 1 saturated carbocycles. The van der Waals surface area contributed by atoms with Gasteiger partial charge in [0.2, 0.25) is 5.91 Å². The van der Waals surface area contributed by atoms with Crippen molar-refractivity contribution >= 4 is 5.91 Å². The van der Waals surface area contributed by atoms with Crippen LogP contribution in [0.1, 0.15) is 59.8 Å². The van der Waals surface area contributed by atoms with E-state index in [2.05, 4.69) is 31.0 Å². The van der Waals surface area contributed by atoms with Crippen LogP contribution in [-0.4, -0.2) is 42.5 Å². The Morgan fingerprint density at radius 3 is 2.52 bits per heavy atom. The normalized spacial score (nSPS) is 24.3. The molecule has 0 spiro atoms. The Labute approximate surface area is 130 Å². The minimum Gasteiger partial charge on any atom is -0.355 e. The quantitative estimate of drug-likeness (QED) is 0.723. The third-order valence-corrected chi connectivity index (χ3v) is 4.86. The van der Waals surface area contributed by atoms with Crippen molar-refractivity contribution in [2.24, 2.45) is 17.6 Å². The van der Waals surface area contributed by atoms with E-state index >= 15 is 0 Å². The molecule has 3 atom stereocenters. The summed E-state index contributed by atoms with van der Waals surface area (Å²) in [5.74, 6) is 1.34. The van der Waals surface area contributed by atoms with Gasteiger partial charge in [0.25, 0.3) is 0 Å². The van der Waals surface area contributed by atoms with Gasteiger partial charge in [-0.2, -0.15) is 0 Å². The summed E-state index contributed by atoms with van der Waals surface area (Å²) < 4.78 is 0. The average Bonchev–Trinajstić information content (AvgIpc) is 2.47. The lowest BCUT2D eigenvalue weighted by Crippen LogP contribution is -2.54. The molecule has 1 fully saturated rings. The summed E-state index contributed by atoms with van der Waals surface area (Å²) in [5.41, 5.74) is 5.95. The van der Waals surface area contributed by atoms with Crippen LogP contribution in [-0.2, 0) is 4.79 Å². The summed E-state index contributed by atoms with van der Waals surface area (Å²) in [7, 11) is 0. The van der Waals surface area contributed by atoms with Gasteiger partial charge < -0.3 is 11.1 Å². The lowest BCUT2D eigenvalue weighted by Gasteiger charge is -2.41. The van der Waals surface area contributed by atoms with E-state index in [4.69, 9.17) is 5.73 Å². The van der Waals surface area contributed by atoms with Gasteiger partial charge in [-0.05, 0) is 51.1 Å². The van der Waals surface area contributed by atoms with Crippen molar-refractivity contribution < 1.29 is 4.79 Å². The van der Waals surface area contributed by atoms with E-state index in [1.165, 1.54) is 25.7 Å². The summed E-state index contributed by atoms with van der Waals surface area (Å²) in [6.45, 7) is 11.0. The zero-order valence-corrected chi connectivity index (χ0v) is 14.4. The second-order valence-corrected chi connectivity index (χ2v) is 6.83. The molecule has 1 amide bonds. The highest BCUT2D eigenvalue weighted by Gasteiger charge is 2.33. The van der Waals surface area contributed by atoms with Crippen molar-refractivity contribution in [3.8, 4) is 0 Å². The fourth-order valence-electron chi connectivity index (χ4n) is 3.48. The van der Waals surface area contributed by atoms with Crippen LogP contribution in [0.3, 0.4) is 0 Å². The van der Waals surface area contributed by atoms with Crippen LogP contribution in [0.25, 0.3) is 0 Å². The van der Waals surface area contributed by atoms with Crippen molar-refractivity contribution in [3.63, 3.8) is 0 Å². The Bertz CT molecular complexity index is 306. The summed E-state index contributed by atoms with van der Waals surface area (Å²) >= 11 is 0. The first-order valence-corrected chi connectivity index (χ1v) is 8.74. The number of nitrogens with zero attached hydrogens (tertiary/aromatic N) is 1. The van der Waals surface area contributed by atoms with Gasteiger partial charge >= 0.3 is 0 Å². The first kappa shape index (κ1) is 18.4. The highest BCUT2D eigenvalue weighted by molar-refractivity contribution is 5.81. The van der Waals surface area contributed by atoms with E-state index < -0.39 is 0 Å². The average molecular weight is 297 g/mol. The van der Waals surface area contributed by atoms with Gasteiger partial charge in [0.1, 0.15) is 0 Å². The van der Waals surface area contributed by atoms with Crippen LogP contribution < -0.4 is 11.1 Å². The number of likely N-dealkylation sites (N-methyl/N-ethyl adjacent to an activating group) is 1. The molecule has 0 saturated heterocycles. The molecule has 4 nitrogen and oxygen atoms in total. The molecule has 0 bridgehead atoms. The highest BCUT2D eigenvalue weighted by atomic mass is 16.2. The van der Waals surface area contributed by atoms with Crippen molar-refractivity contribution in [1.82, 2.24) is 10.2 Å². The number of hydrogen-bond acceptors (Lipinski definition) is 3. The van der Waals surface area contributed by atoms with Crippen LogP contribution >= 0.6 is 0 Å². The summed E-state index contributed by atoms with van der Waals surface area (Å²) in [6, 6.07) is 0.416. The molecule has 21 heavy (non-hydrogen) atoms. The third kappa shape index (κ3) is 5.59. The third-order valence-electron chi connectivity index (χ3n) is 4.86. The zero-order chi connectivity index (χ0) is 15.8. The van der Waals surface area contributed by atoms with Gasteiger partial charge in [-0.25, -0.2) is 0 Å². The van der Waals surface area contributed by atoms with E-state index in [1.54, 1.807) is 0 Å². The fourth-order valence-corrected chi connectivity index (χ4v) is 3.48. The maximum absolute atomic E-state index is 12.4. The molecule has 3 N–H and O–H groups in total. The molecule has 3 unspecified atom stereocenters. The van der Waals surface area contributed by atoms with Gasteiger partial charge in [-0.1, -0.05) is 33.6 Å². The molecule has 0 aromatic rings. The number of carbonyl (C=O) groups is 1. The molecule has 0 radical (unpaired) electrons. The summed E-state index contributed by atoms with van der Waals surface area (Å²) in [6.07, 6.45) is 5.97. The molecule has 4 heteroatoms. The predicted molar refractivity (Wildman–Crippen MR) is 89.1 cm³/mol. The highest BCUT2D eigenvalue weighted by Crippen LogP contribution is 2.29. The molecule has 0 heterocycles. The zero-order valence-electron chi connectivity index (χ0n) is 14.4. The Morgan fingerprint density at radius 2 is 1.95 bits per heavy atom. The van der Waals surface area contributed by atoms with Gasteiger partial charge in [0.15, 0.2) is 0 Å². The van der Waals surface area contributed by atoms with Crippen molar-refractivity contribution in [1.29, 1.82) is 0 Å². The van der Waals surface area contributed by atoms with Gasteiger partial charge in [0.05, 0.1) is 6.04 Å². The van der Waals surface area contributed by atoms with E-state index in [9.17, 15) is 4.79 Å². The van der Waals surface area contributed by atoms with Gasteiger partial charge in [-0.3, -0.25) is 9.69 Å². The lowest BCUT2D eigenvalue weighted by molar-refractivity contribution is -0.127. The summed E-state index contributed by atoms with van der Waals surface area (Å²) in [4.78, 5) is 14.7. The molecule has 124 valence electrons. The molecular weight excluding hydrogens is 262 g/mol. The minimum atomic E-state index is -0.0562. The number of rotatable bonds is 8. The second-order valence-electron chi connectivity index (χ2n) is 6.83. The fraction of sp³-hybridized carbons (Fsp3) is 0.941. The second kappa shape index (κ2) is 9.42. The van der Waals surface area contributed by atoms with E-state index in [1.807, 2.05) is 6.92 Å². The molecule has 0 aromatic carbocycles. The Morgan fingerprint density at radius 1 is 1.29 bits per heavy atom. The van der Waals surface area contributed by atoms with Gasteiger partial charge in [0, 0.05) is 12.6 Å². The number of carbonyl (C=O) groups excluding carboxylic acids is 1. The largest absolute Gasteiger partial charge is 0.355 e. The summed E-state index contributed by atoms with van der Waals surface area (Å²) in [5, 5.41) is 3.09. The maximum atomic E-state index is 12.4. The van der Waals surface area contributed by atoms with Gasteiger partial charge in [-0.15, -0.1) is 0 Å². The Kier molecular flexibility index (Phi) is 8.27. The van der Waals surface area contributed by atoms with E-state index in [0.717, 1.165) is 26.1 Å². The molecule has 1 aliphatic carbocycles. The number of amides is 1. The monoisotopic (exact) mass is 297 g/mol. The number of nitrogens with two attached hydrogens (primary N) is 1. The molecule has 0 aliphatic heterocycles. The minimum absolute atomic E-state index is 0.0562. The van der Waals surface area contributed by atoms with E-state index in [-0.39, 0.29) is 11.9 Å². The smallest absolute Gasteiger partial charge is 0.237 e. The van der Waals surface area contributed by atoms with Crippen LogP contribution in [0, 0.1) is 11.8 Å². The van der Waals surface area contributed by atoms with Crippen LogP contribution in [0.15, 0.2) is 0 Å². The topological polar surface area (TPSA) is 58.4 Å². The molecule has 0 aromatic heterocycles. The standard InChI is InChI=1S/C17H35N3O/c1-5-20(16-9-7-6-8-15(16)12-18)14(4)17(21)19-11-10-13(2)3/h13-16H,5-12,18H2,1-4H3,(H,19,21).